The van der Waals surface area contributed by atoms with E-state index in [1.165, 1.54) is 55.5 Å². The number of carbonyl (C=O) groups is 4. The Hall–Kier alpha value is -4.87. The van der Waals surface area contributed by atoms with Crippen molar-refractivity contribution in [3.63, 3.8) is 0 Å². The second kappa shape index (κ2) is 8.08. The van der Waals surface area contributed by atoms with Gasteiger partial charge in [0.15, 0.2) is 5.60 Å². The van der Waals surface area contributed by atoms with Crippen molar-refractivity contribution in [1.82, 2.24) is 0 Å². The zero-order valence-electron chi connectivity index (χ0n) is 18.7. The summed E-state index contributed by atoms with van der Waals surface area (Å²) in [5, 5.41) is 13.9. The average Bonchev–Trinajstić information content (AvgIpc) is 3.10. The molecule has 12 heteroatoms. The summed E-state index contributed by atoms with van der Waals surface area (Å²) >= 11 is 0. The monoisotopic (exact) mass is 512 g/mol. The lowest BCUT2D eigenvalue weighted by atomic mass is 9.77. The van der Waals surface area contributed by atoms with Gasteiger partial charge in [-0.05, 0) is 42.5 Å². The maximum Gasteiger partial charge on any atom is 0.471 e. The van der Waals surface area contributed by atoms with Crippen LogP contribution in [0.25, 0.3) is 0 Å². The summed E-state index contributed by atoms with van der Waals surface area (Å²) in [4.78, 5) is 47.6. The van der Waals surface area contributed by atoms with E-state index in [9.17, 15) is 37.5 Å². The van der Waals surface area contributed by atoms with Crippen LogP contribution in [-0.2, 0) is 19.9 Å². The summed E-state index contributed by atoms with van der Waals surface area (Å²) in [6.07, 6.45) is -5.13. The number of amides is 2. The highest BCUT2D eigenvalue weighted by molar-refractivity contribution is 6.00. The summed E-state index contributed by atoms with van der Waals surface area (Å²) in [5.41, 5.74) is -1.04. The molecule has 0 saturated heterocycles. The van der Waals surface area contributed by atoms with Gasteiger partial charge in [0, 0.05) is 47.1 Å². The molecule has 3 aromatic rings. The largest absolute Gasteiger partial charge is 0.478 e. The minimum absolute atomic E-state index is 0.0613. The number of esters is 1. The van der Waals surface area contributed by atoms with E-state index in [-0.39, 0.29) is 50.9 Å². The highest BCUT2D eigenvalue weighted by atomic mass is 19.4. The van der Waals surface area contributed by atoms with E-state index in [1.54, 1.807) is 5.32 Å². The van der Waals surface area contributed by atoms with Gasteiger partial charge in [0.05, 0.1) is 11.1 Å². The summed E-state index contributed by atoms with van der Waals surface area (Å²) < 4.78 is 50.2. The maximum atomic E-state index is 12.9. The highest BCUT2D eigenvalue weighted by Gasteiger charge is 2.54. The Morgan fingerprint density at radius 1 is 0.865 bits per heavy atom. The van der Waals surface area contributed by atoms with Crippen molar-refractivity contribution in [1.29, 1.82) is 0 Å². The molecule has 0 bridgehead atoms. The zero-order chi connectivity index (χ0) is 26.7. The number of benzene rings is 3. The number of anilines is 2. The first kappa shape index (κ1) is 23.9. The van der Waals surface area contributed by atoms with Gasteiger partial charge in [-0.25, -0.2) is 9.59 Å². The van der Waals surface area contributed by atoms with Crippen molar-refractivity contribution in [3.8, 4) is 11.5 Å². The standard InChI is InChI=1S/C25H15F3N2O7/c1-11(31)29-13-3-6-16-19(9-13)36-20-10-14(30-23(35)25(26,27)28)4-7-17(20)24(16)18-8-12(21(32)33)2-5-15(18)22(34)37-24/h2-10H,1H3,(H,29,31)(H,30,35)(H,32,33). The third kappa shape index (κ3) is 3.82. The molecule has 1 atom stereocenters. The number of hydrogen-bond donors (Lipinski definition) is 3. The third-order valence-electron chi connectivity index (χ3n) is 5.89. The van der Waals surface area contributed by atoms with Crippen LogP contribution in [0.5, 0.6) is 11.5 Å². The maximum absolute atomic E-state index is 12.9. The number of ether oxygens (including phenoxy) is 2. The minimum atomic E-state index is -5.13. The van der Waals surface area contributed by atoms with Gasteiger partial charge in [0.25, 0.3) is 0 Å². The van der Waals surface area contributed by atoms with Crippen molar-refractivity contribution >= 4 is 35.1 Å². The second-order valence-electron chi connectivity index (χ2n) is 8.29. The number of rotatable bonds is 3. The predicted molar refractivity (Wildman–Crippen MR) is 121 cm³/mol. The van der Waals surface area contributed by atoms with Gasteiger partial charge in [-0.2, -0.15) is 13.2 Å². The fraction of sp³-hybridized carbons (Fsp3) is 0.120. The SMILES string of the molecule is CC(=O)Nc1ccc2c(c1)Oc1cc(NC(=O)C(F)(F)F)ccc1C21OC(=O)c2ccc(C(=O)O)cc21. The lowest BCUT2D eigenvalue weighted by Crippen LogP contribution is -2.33. The molecular weight excluding hydrogens is 497 g/mol. The fourth-order valence-corrected chi connectivity index (χ4v) is 4.42. The first-order valence-corrected chi connectivity index (χ1v) is 10.6. The van der Waals surface area contributed by atoms with Crippen LogP contribution in [0, 0.1) is 0 Å². The Bertz CT molecular complexity index is 1530. The quantitative estimate of drug-likeness (QED) is 0.443. The van der Waals surface area contributed by atoms with Crippen LogP contribution in [0.2, 0.25) is 0 Å². The first-order valence-electron chi connectivity index (χ1n) is 10.6. The normalized spacial score (nSPS) is 17.1. The van der Waals surface area contributed by atoms with Crippen molar-refractivity contribution in [2.45, 2.75) is 18.7 Å². The molecule has 2 heterocycles. The molecule has 1 spiro atoms. The topological polar surface area (TPSA) is 131 Å². The molecule has 9 nitrogen and oxygen atoms in total. The van der Waals surface area contributed by atoms with Crippen LogP contribution in [0.1, 0.15) is 44.3 Å². The van der Waals surface area contributed by atoms with Gasteiger partial charge in [0.2, 0.25) is 5.91 Å². The van der Waals surface area contributed by atoms with Crippen molar-refractivity contribution in [2.24, 2.45) is 0 Å². The molecule has 188 valence electrons. The minimum Gasteiger partial charge on any atom is -0.478 e. The molecule has 0 radical (unpaired) electrons. The molecule has 0 aliphatic carbocycles. The number of carboxylic acids is 1. The van der Waals surface area contributed by atoms with Gasteiger partial charge in [-0.1, -0.05) is 0 Å². The van der Waals surface area contributed by atoms with Gasteiger partial charge < -0.3 is 25.2 Å². The number of aromatic carboxylic acids is 1. The van der Waals surface area contributed by atoms with Gasteiger partial charge in [-0.3, -0.25) is 9.59 Å². The summed E-state index contributed by atoms with van der Waals surface area (Å²) in [6.45, 7) is 1.29. The van der Waals surface area contributed by atoms with Crippen LogP contribution in [-0.4, -0.2) is 35.0 Å². The number of carbonyl (C=O) groups excluding carboxylic acids is 3. The molecule has 2 aliphatic rings. The van der Waals surface area contributed by atoms with Crippen LogP contribution in [0.3, 0.4) is 0 Å². The first-order chi connectivity index (χ1) is 17.4. The van der Waals surface area contributed by atoms with E-state index in [4.69, 9.17) is 9.47 Å². The smallest absolute Gasteiger partial charge is 0.471 e. The Balaban J connectivity index is 1.74. The molecule has 0 aromatic heterocycles. The fourth-order valence-electron chi connectivity index (χ4n) is 4.42. The van der Waals surface area contributed by atoms with E-state index < -0.39 is 29.6 Å². The van der Waals surface area contributed by atoms with Crippen LogP contribution < -0.4 is 15.4 Å². The molecule has 3 aromatic carbocycles. The molecular formula is C25H15F3N2O7. The van der Waals surface area contributed by atoms with E-state index in [0.717, 1.165) is 6.07 Å². The molecule has 1 unspecified atom stereocenters. The molecule has 0 fully saturated rings. The van der Waals surface area contributed by atoms with Crippen molar-refractivity contribution < 1.29 is 46.9 Å². The van der Waals surface area contributed by atoms with E-state index >= 15 is 0 Å². The number of fused-ring (bicyclic) bond motifs is 6. The van der Waals surface area contributed by atoms with Gasteiger partial charge in [-0.15, -0.1) is 0 Å². The number of halogens is 3. The number of carboxylic acid groups (broad SMARTS) is 1. The summed E-state index contributed by atoms with van der Waals surface area (Å²) in [6, 6.07) is 11.9. The van der Waals surface area contributed by atoms with Crippen molar-refractivity contribution in [2.75, 3.05) is 10.6 Å². The molecule has 3 N–H and O–H groups in total. The van der Waals surface area contributed by atoms with E-state index in [2.05, 4.69) is 5.32 Å². The average molecular weight is 512 g/mol. The van der Waals surface area contributed by atoms with Crippen LogP contribution in [0.4, 0.5) is 24.5 Å². The number of alkyl halides is 3. The molecule has 37 heavy (non-hydrogen) atoms. The highest BCUT2D eigenvalue weighted by Crippen LogP contribution is 2.57. The molecule has 2 amide bonds. The van der Waals surface area contributed by atoms with Crippen LogP contribution >= 0.6 is 0 Å². The third-order valence-corrected chi connectivity index (χ3v) is 5.89. The van der Waals surface area contributed by atoms with Crippen molar-refractivity contribution in [3.05, 3.63) is 82.4 Å². The summed E-state index contributed by atoms with van der Waals surface area (Å²) in [5.74, 6) is -4.57. The Labute approximate surface area is 205 Å². The second-order valence-corrected chi connectivity index (χ2v) is 8.29. The van der Waals surface area contributed by atoms with Crippen LogP contribution in [0.15, 0.2) is 54.6 Å². The Morgan fingerprint density at radius 3 is 2.00 bits per heavy atom. The summed E-state index contributed by atoms with van der Waals surface area (Å²) in [7, 11) is 0. The lowest BCUT2D eigenvalue weighted by Gasteiger charge is -2.37. The predicted octanol–water partition coefficient (Wildman–Crippen LogP) is 4.41. The molecule has 5 rings (SSSR count). The molecule has 0 saturated carbocycles. The number of nitrogens with one attached hydrogen (secondary N) is 2. The lowest BCUT2D eigenvalue weighted by molar-refractivity contribution is -0.167. The van der Waals surface area contributed by atoms with Gasteiger partial charge >= 0.3 is 24.0 Å². The van der Waals surface area contributed by atoms with Gasteiger partial charge in [0.1, 0.15) is 11.5 Å². The Kier molecular flexibility index (Phi) is 5.21. The zero-order valence-corrected chi connectivity index (χ0v) is 18.7. The molecule has 2 aliphatic heterocycles. The Morgan fingerprint density at radius 2 is 1.46 bits per heavy atom. The number of hydrogen-bond acceptors (Lipinski definition) is 6. The van der Waals surface area contributed by atoms with E-state index in [1.807, 2.05) is 0 Å². The van der Waals surface area contributed by atoms with E-state index in [0.29, 0.717) is 5.69 Å².